The molecular weight excluding hydrogens is 218 g/mol. The van der Waals surface area contributed by atoms with Crippen molar-refractivity contribution in [1.29, 1.82) is 0 Å². The van der Waals surface area contributed by atoms with Crippen LogP contribution in [0, 0.1) is 0 Å². The van der Waals surface area contributed by atoms with Crippen molar-refractivity contribution in [3.8, 4) is 0 Å². The number of phosphoric ester groups is 1. The number of carbonyl (C=O) groups excluding carboxylic acids is 1. The summed E-state index contributed by atoms with van der Waals surface area (Å²) in [7, 11) is -8.51. The van der Waals surface area contributed by atoms with Gasteiger partial charge in [0.05, 0.1) is 0 Å². The Morgan fingerprint density at radius 1 is 1.25 bits per heavy atom. The summed E-state index contributed by atoms with van der Waals surface area (Å²) in [5, 5.41) is 0. The van der Waals surface area contributed by atoms with Crippen molar-refractivity contribution in [3.63, 3.8) is 0 Å². The molecule has 1 aliphatic heterocycles. The highest BCUT2D eigenvalue weighted by Gasteiger charge is 2.42. The molecule has 0 bridgehead atoms. The Hall–Kier alpha value is -0.430. The molecule has 0 unspecified atom stereocenters. The second-order valence-electron chi connectivity index (χ2n) is 1.41. The molecule has 11 heteroatoms. The zero-order chi connectivity index (χ0) is 9.99. The van der Waals surface area contributed by atoms with Crippen LogP contribution in [0.25, 0.3) is 0 Å². The van der Waals surface area contributed by atoms with Crippen LogP contribution in [0.4, 0.5) is 4.79 Å². The summed E-state index contributed by atoms with van der Waals surface area (Å²) in [4.78, 5) is 39.1. The third-order valence-electron chi connectivity index (χ3n) is 0.380. The van der Waals surface area contributed by atoms with Crippen molar-refractivity contribution in [2.24, 2.45) is 0 Å². The van der Waals surface area contributed by atoms with E-state index in [0.717, 1.165) is 0 Å². The van der Waals surface area contributed by atoms with Gasteiger partial charge in [0.2, 0.25) is 0 Å². The van der Waals surface area contributed by atoms with Gasteiger partial charge < -0.3 is 23.7 Å². The van der Waals surface area contributed by atoms with Crippen molar-refractivity contribution in [2.75, 3.05) is 0 Å². The Morgan fingerprint density at radius 2 is 1.50 bits per heavy atom. The van der Waals surface area contributed by atoms with E-state index >= 15 is 0 Å². The van der Waals surface area contributed by atoms with Crippen LogP contribution in [0.5, 0.6) is 0 Å². The molecule has 1 rings (SSSR count). The summed E-state index contributed by atoms with van der Waals surface area (Å²) < 4.78 is 25.8. The fraction of sp³-hybridized carbons (Fsp3) is 0. The molecule has 0 radical (unpaired) electrons. The molecule has 1 aliphatic rings. The number of rotatable bonds is 0. The molecule has 0 saturated carbocycles. The third-order valence-corrected chi connectivity index (χ3v) is 1.14. The Balaban J connectivity index is 0.000000217. The molecule has 0 aromatic rings. The van der Waals surface area contributed by atoms with Gasteiger partial charge in [-0.1, -0.05) is 0 Å². The maximum Gasteiger partial charge on any atom is 0.594 e. The van der Waals surface area contributed by atoms with Gasteiger partial charge in [0, 0.05) is 0 Å². The lowest BCUT2D eigenvalue weighted by Gasteiger charge is -2.16. The van der Waals surface area contributed by atoms with E-state index in [4.69, 9.17) is 24.1 Å². The number of hydrogen-bond acceptors (Lipinski definition) is 5. The molecule has 0 aliphatic carbocycles. The smallest absolute Gasteiger partial charge is 0.328 e. The molecule has 0 amide bonds. The van der Waals surface area contributed by atoms with Crippen molar-refractivity contribution in [2.45, 2.75) is 0 Å². The van der Waals surface area contributed by atoms with Crippen LogP contribution in [0.15, 0.2) is 0 Å². The van der Waals surface area contributed by atoms with Crippen LogP contribution in [-0.2, 0) is 18.2 Å². The molecule has 4 N–H and O–H groups in total. The van der Waals surface area contributed by atoms with Gasteiger partial charge in [0.1, 0.15) is 0 Å². The lowest BCUT2D eigenvalue weighted by molar-refractivity contribution is 0.0714. The van der Waals surface area contributed by atoms with E-state index in [1.165, 1.54) is 0 Å². The van der Waals surface area contributed by atoms with E-state index in [1.807, 2.05) is 0 Å². The molecule has 1 saturated heterocycles. The van der Waals surface area contributed by atoms with E-state index in [9.17, 15) is 9.36 Å². The van der Waals surface area contributed by atoms with Gasteiger partial charge in [0.25, 0.3) is 0 Å². The number of carbonyl (C=O) groups is 1. The largest absolute Gasteiger partial charge is 0.594 e. The number of hydrogen-bond donors (Lipinski definition) is 4. The lowest BCUT2D eigenvalue weighted by Crippen LogP contribution is -2.15. The van der Waals surface area contributed by atoms with E-state index in [2.05, 4.69) is 9.05 Å². The van der Waals surface area contributed by atoms with Crippen LogP contribution in [0.2, 0.25) is 0 Å². The SMILES string of the molecule is O=C1OP(=O)(O)O1.O=P(O)(O)O. The molecule has 0 aromatic carbocycles. The van der Waals surface area contributed by atoms with Gasteiger partial charge in [0.15, 0.2) is 0 Å². The van der Waals surface area contributed by atoms with Crippen molar-refractivity contribution in [3.05, 3.63) is 0 Å². The molecular formula is CH4O9P2. The molecule has 0 spiro atoms. The summed E-state index contributed by atoms with van der Waals surface area (Å²) in [6, 6.07) is 0. The monoisotopic (exact) mass is 222 g/mol. The maximum absolute atomic E-state index is 9.77. The predicted molar refractivity (Wildman–Crippen MR) is 31.7 cm³/mol. The summed E-state index contributed by atoms with van der Waals surface area (Å²) in [5.74, 6) is 0. The first-order valence-electron chi connectivity index (χ1n) is 2.14. The Morgan fingerprint density at radius 3 is 1.50 bits per heavy atom. The second kappa shape index (κ2) is 3.53. The standard InChI is InChI=1S/CHO5P.H3O4P/c2-1-5-7(3,4)6-1;1-5(2,3)4/h(H,3,4);(H3,1,2,3,4). The maximum atomic E-state index is 9.77. The molecule has 0 atom stereocenters. The molecule has 0 aromatic heterocycles. The highest BCUT2D eigenvalue weighted by molar-refractivity contribution is 7.50. The van der Waals surface area contributed by atoms with Crippen LogP contribution < -0.4 is 0 Å². The summed E-state index contributed by atoms with van der Waals surface area (Å²) in [5.41, 5.74) is 0. The minimum atomic E-state index is -4.64. The van der Waals surface area contributed by atoms with Gasteiger partial charge in [-0.05, 0) is 0 Å². The van der Waals surface area contributed by atoms with Gasteiger partial charge in [-0.3, -0.25) is 4.89 Å². The minimum Gasteiger partial charge on any atom is -0.328 e. The Bertz CT molecular complexity index is 239. The second-order valence-corrected chi connectivity index (χ2v) is 3.74. The number of phosphoric acid groups is 2. The van der Waals surface area contributed by atoms with Gasteiger partial charge in [-0.25, -0.2) is 13.9 Å². The minimum absolute atomic E-state index is 1.09. The van der Waals surface area contributed by atoms with E-state index < -0.39 is 21.8 Å². The zero-order valence-electron chi connectivity index (χ0n) is 5.22. The van der Waals surface area contributed by atoms with Crippen molar-refractivity contribution < 1.29 is 42.5 Å². The van der Waals surface area contributed by atoms with Crippen LogP contribution in [0.1, 0.15) is 0 Å². The van der Waals surface area contributed by atoms with Gasteiger partial charge >= 0.3 is 21.8 Å². The van der Waals surface area contributed by atoms with Crippen LogP contribution in [0.3, 0.4) is 0 Å². The van der Waals surface area contributed by atoms with Crippen LogP contribution >= 0.6 is 15.6 Å². The summed E-state index contributed by atoms with van der Waals surface area (Å²) in [6.07, 6.45) is -1.09. The summed E-state index contributed by atoms with van der Waals surface area (Å²) in [6.45, 7) is 0. The normalized spacial score (nSPS) is 19.2. The topological polar surface area (TPSA) is 151 Å². The Kier molecular flexibility index (Phi) is 3.40. The molecule has 1 fully saturated rings. The van der Waals surface area contributed by atoms with E-state index in [-0.39, 0.29) is 0 Å². The fourth-order valence-corrected chi connectivity index (χ4v) is 0.586. The highest BCUT2D eigenvalue weighted by atomic mass is 31.2. The van der Waals surface area contributed by atoms with Gasteiger partial charge in [-0.2, -0.15) is 0 Å². The molecule has 1 heterocycles. The van der Waals surface area contributed by atoms with Gasteiger partial charge in [-0.15, -0.1) is 0 Å². The zero-order valence-corrected chi connectivity index (χ0v) is 7.01. The first-order valence-corrected chi connectivity index (χ1v) is 5.20. The Labute approximate surface area is 65.4 Å². The average Bonchev–Trinajstić information content (AvgIpc) is 1.52. The quantitative estimate of drug-likeness (QED) is 0.390. The average molecular weight is 222 g/mol. The summed E-state index contributed by atoms with van der Waals surface area (Å²) >= 11 is 0. The lowest BCUT2D eigenvalue weighted by atomic mass is 11.5. The molecule has 72 valence electrons. The fourth-order valence-electron chi connectivity index (χ4n) is 0.195. The first kappa shape index (κ1) is 11.6. The van der Waals surface area contributed by atoms with E-state index in [0.29, 0.717) is 0 Å². The van der Waals surface area contributed by atoms with E-state index in [1.54, 1.807) is 0 Å². The first-order chi connectivity index (χ1) is 5.10. The molecule has 9 nitrogen and oxygen atoms in total. The van der Waals surface area contributed by atoms with Crippen molar-refractivity contribution in [1.82, 2.24) is 0 Å². The van der Waals surface area contributed by atoms with Crippen LogP contribution in [-0.4, -0.2) is 25.7 Å². The van der Waals surface area contributed by atoms with Crippen molar-refractivity contribution >= 4 is 21.8 Å². The third kappa shape index (κ3) is 7.67. The molecule has 12 heavy (non-hydrogen) atoms. The predicted octanol–water partition coefficient (Wildman–Crippen LogP) is -0.675. The highest BCUT2D eigenvalue weighted by Crippen LogP contribution is 2.52.